The highest BCUT2D eigenvalue weighted by Crippen LogP contribution is 2.27. The lowest BCUT2D eigenvalue weighted by atomic mass is 10.1. The van der Waals surface area contributed by atoms with Gasteiger partial charge in [-0.05, 0) is 50.8 Å². The summed E-state index contributed by atoms with van der Waals surface area (Å²) in [7, 11) is 1.27. The molecule has 248 valence electrons. The number of pyridine rings is 1. The van der Waals surface area contributed by atoms with Crippen LogP contribution in [0.2, 0.25) is 0 Å². The van der Waals surface area contributed by atoms with Crippen molar-refractivity contribution in [2.45, 2.75) is 51.6 Å². The number of ether oxygens (including phenoxy) is 3. The third-order valence-corrected chi connectivity index (χ3v) is 7.93. The lowest BCUT2D eigenvalue weighted by Crippen LogP contribution is -2.56. The van der Waals surface area contributed by atoms with Crippen molar-refractivity contribution in [1.29, 1.82) is 0 Å². The number of rotatable bonds is 11. The second-order valence-electron chi connectivity index (χ2n) is 11.1. The number of carbonyl (C=O) groups is 6. The van der Waals surface area contributed by atoms with Gasteiger partial charge in [-0.2, -0.15) is 0 Å². The van der Waals surface area contributed by atoms with E-state index in [1.54, 1.807) is 19.1 Å². The number of nitrogens with zero attached hydrogens (tertiary/aromatic N) is 4. The van der Waals surface area contributed by atoms with Gasteiger partial charge in [0.2, 0.25) is 5.91 Å². The Labute approximate surface area is 265 Å². The number of aromatic nitrogens is 1. The molecule has 46 heavy (non-hydrogen) atoms. The van der Waals surface area contributed by atoms with E-state index >= 15 is 0 Å². The van der Waals surface area contributed by atoms with Gasteiger partial charge in [-0.3, -0.25) is 19.2 Å². The topological polar surface area (TPSA) is 185 Å². The Bertz CT molecular complexity index is 1490. The van der Waals surface area contributed by atoms with Crippen LogP contribution in [0.15, 0.2) is 24.3 Å². The molecule has 2 aromatic rings. The summed E-state index contributed by atoms with van der Waals surface area (Å²) in [4.78, 5) is 84.4. The summed E-state index contributed by atoms with van der Waals surface area (Å²) >= 11 is 0. The number of carbonyl (C=O) groups excluding carboxylic acids is 5. The summed E-state index contributed by atoms with van der Waals surface area (Å²) in [6.07, 6.45) is 0.119. The zero-order chi connectivity index (χ0) is 33.4. The number of hydrogen-bond acceptors (Lipinski definition) is 10. The molecule has 0 saturated carbocycles. The molecule has 15 heteroatoms. The highest BCUT2D eigenvalue weighted by molar-refractivity contribution is 5.99. The number of fused-ring (bicyclic) bond motifs is 1. The van der Waals surface area contributed by atoms with E-state index in [9.17, 15) is 33.9 Å². The Morgan fingerprint density at radius 1 is 1.04 bits per heavy atom. The van der Waals surface area contributed by atoms with Crippen LogP contribution < -0.4 is 10.1 Å². The predicted octanol–water partition coefficient (Wildman–Crippen LogP) is 1.35. The third-order valence-electron chi connectivity index (χ3n) is 7.93. The Morgan fingerprint density at radius 2 is 1.76 bits per heavy atom. The minimum atomic E-state index is -1.18. The zero-order valence-electron chi connectivity index (χ0n) is 26.2. The Balaban J connectivity index is 1.52. The number of esters is 1. The van der Waals surface area contributed by atoms with Crippen molar-refractivity contribution in [3.63, 3.8) is 0 Å². The largest absolute Gasteiger partial charge is 0.483 e. The molecule has 0 spiro atoms. The van der Waals surface area contributed by atoms with Gasteiger partial charge in [-0.25, -0.2) is 14.6 Å². The molecule has 2 atom stereocenters. The molecule has 0 radical (unpaired) electrons. The maximum Gasteiger partial charge on any atom is 0.409 e. The van der Waals surface area contributed by atoms with Crippen LogP contribution in [0, 0.1) is 6.92 Å². The van der Waals surface area contributed by atoms with Gasteiger partial charge in [0.1, 0.15) is 23.5 Å². The molecule has 0 unspecified atom stereocenters. The van der Waals surface area contributed by atoms with Crippen LogP contribution in [0.5, 0.6) is 5.75 Å². The minimum Gasteiger partial charge on any atom is -0.483 e. The van der Waals surface area contributed by atoms with Gasteiger partial charge in [0.05, 0.1) is 19.2 Å². The van der Waals surface area contributed by atoms with Crippen molar-refractivity contribution in [2.24, 2.45) is 0 Å². The van der Waals surface area contributed by atoms with Crippen molar-refractivity contribution in [3.05, 3.63) is 35.5 Å². The van der Waals surface area contributed by atoms with Gasteiger partial charge in [0.15, 0.2) is 6.61 Å². The molecule has 4 amide bonds. The third kappa shape index (κ3) is 8.20. The second-order valence-corrected chi connectivity index (χ2v) is 11.1. The Morgan fingerprint density at radius 3 is 2.43 bits per heavy atom. The van der Waals surface area contributed by atoms with Crippen molar-refractivity contribution in [2.75, 3.05) is 53.0 Å². The molecule has 2 fully saturated rings. The normalized spacial score (nSPS) is 16.9. The summed E-state index contributed by atoms with van der Waals surface area (Å²) < 4.78 is 15.7. The van der Waals surface area contributed by atoms with Crippen molar-refractivity contribution >= 4 is 46.7 Å². The molecule has 1 aromatic carbocycles. The Kier molecular flexibility index (Phi) is 11.3. The summed E-state index contributed by atoms with van der Waals surface area (Å²) in [5, 5.41) is 12.5. The van der Waals surface area contributed by atoms with Gasteiger partial charge in [-0.1, -0.05) is 6.07 Å². The molecule has 2 N–H and O–H groups in total. The van der Waals surface area contributed by atoms with Crippen LogP contribution in [-0.4, -0.2) is 126 Å². The number of benzene rings is 1. The average Bonchev–Trinajstić information content (AvgIpc) is 3.54. The maximum atomic E-state index is 13.5. The summed E-state index contributed by atoms with van der Waals surface area (Å²) in [5.74, 6) is -3.07. The van der Waals surface area contributed by atoms with E-state index in [0.717, 1.165) is 5.56 Å². The fraction of sp³-hybridized carbons (Fsp3) is 0.516. The van der Waals surface area contributed by atoms with Gasteiger partial charge in [0.25, 0.3) is 11.8 Å². The number of piperazine rings is 1. The van der Waals surface area contributed by atoms with E-state index in [-0.39, 0.29) is 57.1 Å². The highest BCUT2D eigenvalue weighted by atomic mass is 16.6. The number of carboxylic acids is 1. The van der Waals surface area contributed by atoms with Crippen LogP contribution in [0.1, 0.15) is 48.7 Å². The molecule has 2 saturated heterocycles. The first-order valence-electron chi connectivity index (χ1n) is 15.2. The monoisotopic (exact) mass is 641 g/mol. The molecule has 0 bridgehead atoms. The summed E-state index contributed by atoms with van der Waals surface area (Å²) in [6.45, 7) is 4.58. The quantitative estimate of drug-likeness (QED) is 0.338. The number of methoxy groups -OCH3 is 1. The molecule has 15 nitrogen and oxygen atoms in total. The smallest absolute Gasteiger partial charge is 0.409 e. The van der Waals surface area contributed by atoms with Crippen molar-refractivity contribution in [1.82, 2.24) is 25.0 Å². The zero-order valence-corrected chi connectivity index (χ0v) is 26.2. The second kappa shape index (κ2) is 15.4. The molecule has 2 aliphatic rings. The fourth-order valence-electron chi connectivity index (χ4n) is 5.51. The van der Waals surface area contributed by atoms with Gasteiger partial charge >= 0.3 is 18.0 Å². The Hall–Kier alpha value is -4.95. The van der Waals surface area contributed by atoms with E-state index in [4.69, 9.17) is 14.2 Å². The van der Waals surface area contributed by atoms with Crippen molar-refractivity contribution < 1.29 is 48.1 Å². The lowest BCUT2D eigenvalue weighted by Gasteiger charge is -2.35. The molecule has 1 aromatic heterocycles. The number of aliphatic carboxylic acids is 1. The van der Waals surface area contributed by atoms with Gasteiger partial charge < -0.3 is 39.3 Å². The minimum absolute atomic E-state index is 0.102. The number of aryl methyl sites for hydroxylation is 1. The molecule has 2 aliphatic heterocycles. The molecular weight excluding hydrogens is 602 g/mol. The van der Waals surface area contributed by atoms with Crippen LogP contribution in [-0.2, 0) is 28.7 Å². The summed E-state index contributed by atoms with van der Waals surface area (Å²) in [5.41, 5.74) is 1.16. The van der Waals surface area contributed by atoms with Crippen LogP contribution in [0.4, 0.5) is 4.79 Å². The lowest BCUT2D eigenvalue weighted by molar-refractivity contribution is -0.151. The number of nitrogens with one attached hydrogen (secondary N) is 1. The van der Waals surface area contributed by atoms with E-state index in [0.29, 0.717) is 30.3 Å². The number of carboxylic acid groups (broad SMARTS) is 1. The molecule has 3 heterocycles. The first kappa shape index (κ1) is 33.9. The van der Waals surface area contributed by atoms with E-state index in [2.05, 4.69) is 10.3 Å². The predicted molar refractivity (Wildman–Crippen MR) is 162 cm³/mol. The standard InChI is InChI=1S/C31H39N5O10/c1-4-45-31(43)35-14-12-34(13-15-35)29(41)21(9-10-27(38)39)33-28(40)23-17-25(20-8-7-19(2)16-22(20)32-23)46-18-26(37)36-11-5-6-24(36)30(42)44-3/h7-8,16-17,21,24H,4-6,9-15,18H2,1-3H3,(H,33,40)(H,38,39)/t21-,24-/m0/s1. The molecule has 4 rings (SSSR count). The van der Waals surface area contributed by atoms with Gasteiger partial charge in [0, 0.05) is 50.6 Å². The SMILES string of the molecule is CCOC(=O)N1CCN(C(=O)[C@H](CCC(=O)O)NC(=O)c2cc(OCC(=O)N3CCC[C@H]3C(=O)OC)c3ccc(C)cc3n2)CC1. The first-order chi connectivity index (χ1) is 22.0. The molecular formula is C31H39N5O10. The molecule has 0 aliphatic carbocycles. The number of amides is 4. The van der Waals surface area contributed by atoms with Crippen LogP contribution in [0.3, 0.4) is 0 Å². The van der Waals surface area contributed by atoms with Gasteiger partial charge in [-0.15, -0.1) is 0 Å². The van der Waals surface area contributed by atoms with E-state index in [1.165, 1.54) is 27.9 Å². The average molecular weight is 642 g/mol. The van der Waals surface area contributed by atoms with E-state index in [1.807, 2.05) is 13.0 Å². The van der Waals surface area contributed by atoms with Crippen molar-refractivity contribution in [3.8, 4) is 5.75 Å². The van der Waals surface area contributed by atoms with Crippen LogP contribution in [0.25, 0.3) is 10.9 Å². The van der Waals surface area contributed by atoms with E-state index < -0.39 is 54.4 Å². The number of likely N-dealkylation sites (tertiary alicyclic amines) is 1. The first-order valence-corrected chi connectivity index (χ1v) is 15.2. The fourth-order valence-corrected chi connectivity index (χ4v) is 5.51. The highest BCUT2D eigenvalue weighted by Gasteiger charge is 2.35. The van der Waals surface area contributed by atoms with Crippen LogP contribution >= 0.6 is 0 Å². The number of hydrogen-bond donors (Lipinski definition) is 2. The summed E-state index contributed by atoms with van der Waals surface area (Å²) in [6, 6.07) is 4.82. The maximum absolute atomic E-state index is 13.5.